The summed E-state index contributed by atoms with van der Waals surface area (Å²) in [4.78, 5) is 0.0820. The van der Waals surface area contributed by atoms with Crippen molar-refractivity contribution >= 4 is 26.0 Å². The number of halogens is 1. The van der Waals surface area contributed by atoms with E-state index < -0.39 is 10.0 Å². The quantitative estimate of drug-likeness (QED) is 0.786. The van der Waals surface area contributed by atoms with Gasteiger partial charge < -0.3 is 14.9 Å². The number of ether oxygens (including phenoxy) is 1. The zero-order valence-corrected chi connectivity index (χ0v) is 14.8. The highest BCUT2D eigenvalue weighted by Gasteiger charge is 2.50. The molecule has 2 unspecified atom stereocenters. The minimum atomic E-state index is -3.65. The number of hydrogen-bond donors (Lipinski definition) is 2. The van der Waals surface area contributed by atoms with Gasteiger partial charge in [0.25, 0.3) is 0 Å². The first-order valence-electron chi connectivity index (χ1n) is 6.84. The summed E-state index contributed by atoms with van der Waals surface area (Å²) in [5.41, 5.74) is 5.22. The molecule has 1 saturated carbocycles. The molecule has 0 spiro atoms. The van der Waals surface area contributed by atoms with E-state index in [0.29, 0.717) is 18.8 Å². The van der Waals surface area contributed by atoms with Gasteiger partial charge in [-0.3, -0.25) is 0 Å². The van der Waals surface area contributed by atoms with Gasteiger partial charge in [0.1, 0.15) is 10.7 Å². The van der Waals surface area contributed by atoms with E-state index in [0.717, 1.165) is 0 Å². The molecule has 0 bridgehead atoms. The Bertz CT molecular complexity index is 612. The monoisotopic (exact) mass is 380 g/mol. The van der Waals surface area contributed by atoms with E-state index in [1.807, 2.05) is 20.8 Å². The zero-order valence-electron chi connectivity index (χ0n) is 12.3. The Kier molecular flexibility index (Phi) is 4.84. The van der Waals surface area contributed by atoms with Gasteiger partial charge in [-0.1, -0.05) is 13.8 Å². The van der Waals surface area contributed by atoms with Crippen molar-refractivity contribution in [1.82, 2.24) is 4.72 Å². The Morgan fingerprint density at radius 2 is 2.24 bits per heavy atom. The molecule has 2 atom stereocenters. The summed E-state index contributed by atoms with van der Waals surface area (Å²) in [5.74, 6) is 0.419. The fourth-order valence-electron chi connectivity index (χ4n) is 2.50. The fourth-order valence-corrected chi connectivity index (χ4v) is 4.90. The van der Waals surface area contributed by atoms with E-state index in [1.165, 1.54) is 6.07 Å². The fraction of sp³-hybridized carbons (Fsp3) is 0.692. The second-order valence-electron chi connectivity index (χ2n) is 5.73. The molecule has 3 N–H and O–H groups in total. The molecular formula is C13H21BrN2O4S. The van der Waals surface area contributed by atoms with Gasteiger partial charge in [0.2, 0.25) is 10.0 Å². The van der Waals surface area contributed by atoms with Crippen LogP contribution < -0.4 is 10.5 Å². The van der Waals surface area contributed by atoms with Crippen molar-refractivity contribution in [2.75, 3.05) is 6.61 Å². The molecule has 0 amide bonds. The maximum atomic E-state index is 12.5. The normalized spacial score (nSPS) is 24.8. The predicted octanol–water partition coefficient (Wildman–Crippen LogP) is 1.98. The maximum absolute atomic E-state index is 12.5. The predicted molar refractivity (Wildman–Crippen MR) is 82.2 cm³/mol. The Hall–Kier alpha value is -0.410. The molecule has 0 saturated heterocycles. The highest BCUT2D eigenvalue weighted by molar-refractivity contribution is 9.10. The molecule has 1 aromatic rings. The first-order valence-corrected chi connectivity index (χ1v) is 9.12. The molecule has 1 heterocycles. The minimum absolute atomic E-state index is 0.0718. The third-order valence-corrected chi connectivity index (χ3v) is 6.37. The summed E-state index contributed by atoms with van der Waals surface area (Å²) in [6.45, 7) is 6.71. The lowest BCUT2D eigenvalue weighted by Gasteiger charge is -2.51. The molecule has 1 fully saturated rings. The molecule has 1 aromatic heterocycles. The van der Waals surface area contributed by atoms with E-state index in [9.17, 15) is 8.42 Å². The van der Waals surface area contributed by atoms with Crippen LogP contribution in [0.15, 0.2) is 20.0 Å². The second-order valence-corrected chi connectivity index (χ2v) is 8.13. The molecule has 21 heavy (non-hydrogen) atoms. The van der Waals surface area contributed by atoms with E-state index in [1.54, 1.807) is 0 Å². The highest BCUT2D eigenvalue weighted by Crippen LogP contribution is 2.43. The summed E-state index contributed by atoms with van der Waals surface area (Å²) in [6, 6.07) is 1.28. The van der Waals surface area contributed by atoms with Crippen LogP contribution in [0, 0.1) is 5.41 Å². The van der Waals surface area contributed by atoms with E-state index in [2.05, 4.69) is 20.7 Å². The van der Waals surface area contributed by atoms with Crippen LogP contribution in [0.2, 0.25) is 0 Å². The van der Waals surface area contributed by atoms with Crippen LogP contribution in [-0.2, 0) is 21.3 Å². The molecule has 120 valence electrons. The number of rotatable bonds is 6. The molecule has 1 aliphatic rings. The molecule has 6 nitrogen and oxygen atoms in total. The van der Waals surface area contributed by atoms with Gasteiger partial charge in [0.05, 0.1) is 12.6 Å². The molecule has 2 rings (SSSR count). The zero-order chi connectivity index (χ0) is 15.8. The third-order valence-electron chi connectivity index (χ3n) is 4.04. The summed E-state index contributed by atoms with van der Waals surface area (Å²) in [6.07, 6.45) is 0.738. The molecule has 8 heteroatoms. The summed E-state index contributed by atoms with van der Waals surface area (Å²) >= 11 is 3.12. The first-order chi connectivity index (χ1) is 9.72. The Morgan fingerprint density at radius 1 is 1.57 bits per heavy atom. The standard InChI is InChI=1S/C13H21BrN2O4S/c1-4-19-11-6-10(13(11,2)3)16-21(17,18)9-5-8(7-15)20-12(9)14/h5,10-11,16H,4,6-7,15H2,1-3H3. The minimum Gasteiger partial charge on any atom is -0.452 e. The molecule has 0 radical (unpaired) electrons. The van der Waals surface area contributed by atoms with Gasteiger partial charge in [-0.25, -0.2) is 13.1 Å². The molecule has 0 aromatic carbocycles. The lowest BCUT2D eigenvalue weighted by atomic mass is 9.65. The van der Waals surface area contributed by atoms with Gasteiger partial charge >= 0.3 is 0 Å². The maximum Gasteiger partial charge on any atom is 0.245 e. The summed E-state index contributed by atoms with van der Waals surface area (Å²) < 4.78 is 38.7. The number of sulfonamides is 1. The van der Waals surface area contributed by atoms with Crippen LogP contribution in [0.3, 0.4) is 0 Å². The van der Waals surface area contributed by atoms with E-state index in [4.69, 9.17) is 14.9 Å². The number of nitrogens with one attached hydrogen (secondary N) is 1. The van der Waals surface area contributed by atoms with Gasteiger partial charge in [-0.2, -0.15) is 0 Å². The Labute approximate surface area is 133 Å². The van der Waals surface area contributed by atoms with Gasteiger partial charge in [0.15, 0.2) is 4.67 Å². The number of hydrogen-bond acceptors (Lipinski definition) is 5. The summed E-state index contributed by atoms with van der Waals surface area (Å²) in [5, 5.41) is 0. The second kappa shape index (κ2) is 6.00. The van der Waals surface area contributed by atoms with Crippen LogP contribution in [0.1, 0.15) is 33.0 Å². The van der Waals surface area contributed by atoms with Crippen LogP contribution in [0.4, 0.5) is 0 Å². The SMILES string of the molecule is CCOC1CC(NS(=O)(=O)c2cc(CN)oc2Br)C1(C)C. The van der Waals surface area contributed by atoms with Crippen LogP contribution >= 0.6 is 15.9 Å². The van der Waals surface area contributed by atoms with Gasteiger partial charge in [-0.15, -0.1) is 0 Å². The lowest BCUT2D eigenvalue weighted by Crippen LogP contribution is -2.61. The van der Waals surface area contributed by atoms with Gasteiger partial charge in [0, 0.05) is 24.1 Å². The average molecular weight is 381 g/mol. The largest absolute Gasteiger partial charge is 0.452 e. The lowest BCUT2D eigenvalue weighted by molar-refractivity contribution is -0.108. The number of furan rings is 1. The van der Waals surface area contributed by atoms with Crippen molar-refractivity contribution in [2.45, 2.75) is 50.8 Å². The van der Waals surface area contributed by atoms with Crippen molar-refractivity contribution in [3.63, 3.8) is 0 Å². The van der Waals surface area contributed by atoms with Gasteiger partial charge in [-0.05, 0) is 29.3 Å². The van der Waals surface area contributed by atoms with Crippen molar-refractivity contribution in [3.05, 3.63) is 16.5 Å². The highest BCUT2D eigenvalue weighted by atomic mass is 79.9. The Morgan fingerprint density at radius 3 is 2.71 bits per heavy atom. The van der Waals surface area contributed by atoms with Crippen molar-refractivity contribution in [1.29, 1.82) is 0 Å². The van der Waals surface area contributed by atoms with Crippen LogP contribution in [-0.4, -0.2) is 27.2 Å². The topological polar surface area (TPSA) is 94.6 Å². The molecule has 1 aliphatic carbocycles. The average Bonchev–Trinajstić information content (AvgIpc) is 2.80. The van der Waals surface area contributed by atoms with Crippen molar-refractivity contribution in [3.8, 4) is 0 Å². The van der Waals surface area contributed by atoms with E-state index >= 15 is 0 Å². The van der Waals surface area contributed by atoms with Crippen molar-refractivity contribution in [2.24, 2.45) is 11.1 Å². The van der Waals surface area contributed by atoms with Crippen LogP contribution in [0.5, 0.6) is 0 Å². The smallest absolute Gasteiger partial charge is 0.245 e. The van der Waals surface area contributed by atoms with E-state index in [-0.39, 0.29) is 33.7 Å². The van der Waals surface area contributed by atoms with Crippen molar-refractivity contribution < 1.29 is 17.6 Å². The molecular weight excluding hydrogens is 360 g/mol. The summed E-state index contributed by atoms with van der Waals surface area (Å²) in [7, 11) is -3.65. The third kappa shape index (κ3) is 3.19. The molecule has 0 aliphatic heterocycles. The number of nitrogens with two attached hydrogens (primary N) is 1. The van der Waals surface area contributed by atoms with Crippen LogP contribution in [0.25, 0.3) is 0 Å². The first kappa shape index (κ1) is 17.0. The Balaban J connectivity index is 2.14.